The van der Waals surface area contributed by atoms with Crippen LogP contribution in [0, 0.1) is 34.6 Å². The van der Waals surface area contributed by atoms with Crippen LogP contribution in [0.15, 0.2) is 74.1 Å². The number of rotatable bonds is 26. The number of aromatic nitrogens is 10. The number of aliphatic hydroxyl groups is 1. The number of nitrogens with two attached hydrogens (primary N) is 1. The van der Waals surface area contributed by atoms with E-state index in [1.165, 1.54) is 80.2 Å². The van der Waals surface area contributed by atoms with Gasteiger partial charge in [0.25, 0.3) is 22.2 Å². The molecule has 582 valence electrons. The second-order valence-corrected chi connectivity index (χ2v) is 36.8. The summed E-state index contributed by atoms with van der Waals surface area (Å²) in [7, 11) is -5.72. The molecular formula is C57H75N11O31P4S3. The van der Waals surface area contributed by atoms with E-state index in [2.05, 4.69) is 37.2 Å². The van der Waals surface area contributed by atoms with Gasteiger partial charge in [0, 0.05) is 71.6 Å². The molecule has 10 N–H and O–H groups in total. The molecule has 13 heterocycles. The first-order chi connectivity index (χ1) is 49.6. The van der Waals surface area contributed by atoms with E-state index in [1.54, 1.807) is 6.92 Å². The quantitative estimate of drug-likeness (QED) is 0.0241. The minimum Gasteiger partial charge on any atom is -0.387 e. The standard InChI is InChI=1S/C57H75N11O31P4S3/c1-10-30-31(11-34(91-30)64-14-23(3)43(70)60-51(64)75)96-101(81,104)84-18-33-32(12-35(92-33)65-15-24(4)44(71)61-52(65)76)97-102(82,105)87-21-57-29(9)89-37(48(95-57)66-13-22(2)42(58)59-50(66)74)40(57)98-100(79,80)85-20-56-28(8)90-38(49(94-56)68-17-26(6)46(73)63-54(68)78)41(56)99-103(83,106)86-19-55-27(7)88-36(39(55)69)47(93-55)67-16-25(5)45(72)62-53(67)77/h13-17,27-41,47-49,69H,10-12,18-21H2,1-9H3,(H,79,80)(H,81,104)(H,82,105)(H,83,106)(H2,58,59,74)(H,60,70,75)(H,61,71,76)(H,62,72,77)(H,63,73,78)/t27-,28-,29-,30+,31+,32+,33+,34+,35+,36?,37?,38?,39+,40+,41+,47+,48+,49+,55-,56-,57-,101?,102?,103?/m0/s1. The third-order valence-electron chi connectivity index (χ3n) is 20.1. The zero-order valence-corrected chi connectivity index (χ0v) is 63.5. The van der Waals surface area contributed by atoms with Crippen LogP contribution in [0.4, 0.5) is 5.82 Å². The smallest absolute Gasteiger partial charge is 0.387 e. The van der Waals surface area contributed by atoms with Gasteiger partial charge in [0.05, 0.1) is 56.9 Å². The van der Waals surface area contributed by atoms with Gasteiger partial charge in [0.2, 0.25) is 0 Å². The Bertz CT molecular complexity index is 5110. The number of hydrogen-bond acceptors (Lipinski definition) is 32. The van der Waals surface area contributed by atoms with Crippen LogP contribution in [0.2, 0.25) is 0 Å². The fourth-order valence-corrected chi connectivity index (χ4v) is 19.8. The number of fused-ring (bicyclic) bond motifs is 6. The summed E-state index contributed by atoms with van der Waals surface area (Å²) in [5.74, 6) is -0.168. The van der Waals surface area contributed by atoms with Crippen molar-refractivity contribution in [3.63, 3.8) is 0 Å². The van der Waals surface area contributed by atoms with Crippen molar-refractivity contribution in [3.05, 3.63) is 153 Å². The topological polar surface area (TPSA) is 543 Å². The average Bonchev–Trinajstić information content (AvgIpc) is 1.56. The van der Waals surface area contributed by atoms with Crippen LogP contribution in [0.1, 0.15) is 106 Å². The van der Waals surface area contributed by atoms with E-state index in [0.717, 1.165) is 29.0 Å². The molecule has 0 saturated carbocycles. The Hall–Kier alpha value is -5.29. The van der Waals surface area contributed by atoms with Crippen LogP contribution in [0.25, 0.3) is 0 Å². The number of H-pyrrole nitrogens is 4. The molecule has 7 unspecified atom stereocenters. The molecule has 6 bridgehead atoms. The molecule has 8 aliphatic heterocycles. The highest BCUT2D eigenvalue weighted by Crippen LogP contribution is 2.64. The van der Waals surface area contributed by atoms with E-state index in [-0.39, 0.29) is 46.5 Å². The summed E-state index contributed by atoms with van der Waals surface area (Å²) in [6, 6.07) is 0. The van der Waals surface area contributed by atoms with Crippen LogP contribution >= 0.6 is 40.3 Å². The van der Waals surface area contributed by atoms with Crippen molar-refractivity contribution in [2.45, 2.75) is 209 Å². The number of ether oxygens (including phenoxy) is 8. The Morgan fingerprint density at radius 1 is 0.538 bits per heavy atom. The van der Waals surface area contributed by atoms with Crippen molar-refractivity contribution in [1.29, 1.82) is 0 Å². The van der Waals surface area contributed by atoms with Crippen molar-refractivity contribution in [2.75, 3.05) is 32.2 Å². The van der Waals surface area contributed by atoms with Crippen LogP contribution in [0.3, 0.4) is 0 Å². The number of aromatic amines is 4. The summed E-state index contributed by atoms with van der Waals surface area (Å²) in [5, 5.41) is 11.6. The second kappa shape index (κ2) is 28.8. The molecule has 42 nitrogen and oxygen atoms in total. The van der Waals surface area contributed by atoms with Gasteiger partial charge in [-0.2, -0.15) is 4.98 Å². The summed E-state index contributed by atoms with van der Waals surface area (Å²) in [5.41, 5.74) is -6.99. The van der Waals surface area contributed by atoms with Crippen molar-refractivity contribution in [3.8, 4) is 0 Å². The first-order valence-electron chi connectivity index (χ1n) is 32.8. The second-order valence-electron chi connectivity index (χ2n) is 26.9. The Balaban J connectivity index is 0.755. The van der Waals surface area contributed by atoms with Crippen LogP contribution in [0.5, 0.6) is 0 Å². The van der Waals surface area contributed by atoms with Gasteiger partial charge in [0.15, 0.2) is 18.7 Å². The number of aliphatic hydroxyl groups excluding tert-OH is 1. The van der Waals surface area contributed by atoms with E-state index in [4.69, 9.17) is 103 Å². The first kappa shape index (κ1) is 78.8. The van der Waals surface area contributed by atoms with Crippen LogP contribution in [-0.2, 0) is 107 Å². The number of hydrogen-bond donors (Lipinski definition) is 10. The molecule has 49 heteroatoms. The maximum Gasteiger partial charge on any atom is 0.472 e. The monoisotopic (exact) mass is 1630 g/mol. The van der Waals surface area contributed by atoms with Crippen molar-refractivity contribution < 1.29 is 103 Å². The number of phosphoric ester groups is 1. The van der Waals surface area contributed by atoms with Crippen molar-refractivity contribution >= 4 is 69.7 Å². The number of anilines is 1. The van der Waals surface area contributed by atoms with E-state index in [0.29, 0.717) is 6.42 Å². The van der Waals surface area contributed by atoms with Gasteiger partial charge in [0.1, 0.15) is 83.9 Å². The maximum atomic E-state index is 15.0. The molecule has 8 fully saturated rings. The molecule has 0 aromatic carbocycles. The Morgan fingerprint density at radius 3 is 1.45 bits per heavy atom. The highest BCUT2D eigenvalue weighted by atomic mass is 32.7. The highest BCUT2D eigenvalue weighted by molar-refractivity contribution is 8.44. The lowest BCUT2D eigenvalue weighted by molar-refractivity contribution is -0.219. The number of thiol groups is 1. The molecule has 0 aliphatic carbocycles. The molecule has 13 rings (SSSR count). The summed E-state index contributed by atoms with van der Waals surface area (Å²) >= 11 is 15.4. The molecule has 5 aromatic heterocycles. The summed E-state index contributed by atoms with van der Waals surface area (Å²) in [6.45, 7) is -4.30. The number of phosphoric acid groups is 1. The Morgan fingerprint density at radius 2 is 0.934 bits per heavy atom. The zero-order valence-electron chi connectivity index (χ0n) is 57.4. The minimum atomic E-state index is -5.72. The van der Waals surface area contributed by atoms with Crippen molar-refractivity contribution in [2.24, 2.45) is 0 Å². The van der Waals surface area contributed by atoms with E-state index in [9.17, 15) is 67.5 Å². The maximum absolute atomic E-state index is 15.0. The van der Waals surface area contributed by atoms with Gasteiger partial charge in [-0.3, -0.25) is 84.6 Å². The predicted octanol–water partition coefficient (Wildman–Crippen LogP) is -0.742. The predicted molar refractivity (Wildman–Crippen MR) is 370 cm³/mol. The van der Waals surface area contributed by atoms with Gasteiger partial charge in [-0.25, -0.2) is 33.1 Å². The molecule has 0 amide bonds. The SMILES string of the molecule is CC[C@H]1O[C@@H](n2cc(C)c(=O)[nH]c2=O)C[C@H]1OP(O)(=S)OC[C@H]1O[C@@H](n2cc(C)c(=O)[nH]c2=O)C[C@H]1OP(=O)(S)OC[C@]12O[C@@H](n3cc(C)c(N)nc3=O)C(O[C@H]1C)[C@H]2OP(=O)(O)OC[C@]12O[C@@H](n3cc(C)c(=O)[nH]c3=O)C(O[C@H]1C)[C@H]2OP(O)(=S)OC[C@]12O[C@@H](n3cc(C)c(=O)[nH]c3=O)C(O[C@H]1C)[C@H]2O. The first-order valence-corrected chi connectivity index (χ1v) is 42.2. The fourth-order valence-electron chi connectivity index (χ4n) is 14.3. The van der Waals surface area contributed by atoms with E-state index >= 15 is 4.57 Å². The summed E-state index contributed by atoms with van der Waals surface area (Å²) in [4.78, 5) is 164. The fraction of sp³-hybridized carbons (Fsp3) is 0.649. The van der Waals surface area contributed by atoms with Gasteiger partial charge >= 0.3 is 56.5 Å². The van der Waals surface area contributed by atoms with E-state index < -0.39 is 232 Å². The molecule has 25 atom stereocenters. The van der Waals surface area contributed by atoms with Crippen LogP contribution < -0.4 is 56.4 Å². The summed E-state index contributed by atoms with van der Waals surface area (Å²) < 4.78 is 133. The third kappa shape index (κ3) is 14.5. The molecule has 0 spiro atoms. The minimum absolute atomic E-state index is 0.0113. The van der Waals surface area contributed by atoms with Crippen LogP contribution in [-0.4, -0.2) is 190 Å². The number of nitrogens with zero attached hydrogens (tertiary/aromatic N) is 6. The normalized spacial score (nSPS) is 35.9. The van der Waals surface area contributed by atoms with Crippen molar-refractivity contribution in [1.82, 2.24) is 47.8 Å². The van der Waals surface area contributed by atoms with E-state index in [1.807, 2.05) is 0 Å². The van der Waals surface area contributed by atoms with Gasteiger partial charge in [-0.15, -0.1) is 0 Å². The number of nitrogen functional groups attached to an aromatic ring is 1. The Labute approximate surface area is 611 Å². The molecule has 5 aromatic rings. The molecular weight excluding hydrogens is 1550 g/mol. The highest BCUT2D eigenvalue weighted by Gasteiger charge is 2.72. The van der Waals surface area contributed by atoms with Gasteiger partial charge in [-0.1, -0.05) is 19.2 Å². The number of nitrogens with one attached hydrogen (secondary N) is 4. The lowest BCUT2D eigenvalue weighted by Crippen LogP contribution is -2.52. The molecule has 8 aliphatic rings. The largest absolute Gasteiger partial charge is 0.472 e. The lowest BCUT2D eigenvalue weighted by atomic mass is 9.94. The number of aryl methyl sites for hydroxylation is 5. The molecule has 106 heavy (non-hydrogen) atoms. The third-order valence-corrected chi connectivity index (χ3v) is 25.8. The van der Waals surface area contributed by atoms with Gasteiger partial charge in [-0.05, 0) is 85.4 Å². The lowest BCUT2D eigenvalue weighted by Gasteiger charge is -2.38. The Kier molecular flexibility index (Phi) is 21.4. The zero-order chi connectivity index (χ0) is 76.8. The molecule has 0 radical (unpaired) electrons. The summed E-state index contributed by atoms with van der Waals surface area (Å²) in [6.07, 6.45) is -18.5. The molecule has 8 saturated heterocycles. The van der Waals surface area contributed by atoms with Gasteiger partial charge < -0.3 is 77.0 Å². The average molecular weight is 1630 g/mol.